The monoisotopic (exact) mass is 249 g/mol. The normalized spacial score (nSPS) is 14.9. The molecule has 98 valence electrons. The molecule has 1 N–H and O–H groups in total. The van der Waals surface area contributed by atoms with Crippen LogP contribution in [0.4, 0.5) is 5.69 Å². The first-order chi connectivity index (χ1) is 8.76. The molecular formula is C14H19NO3. The summed E-state index contributed by atoms with van der Waals surface area (Å²) in [4.78, 5) is 14.1. The Labute approximate surface area is 107 Å². The molecule has 0 aromatic heterocycles. The molecule has 0 amide bonds. The van der Waals surface area contributed by atoms with Gasteiger partial charge in [0.05, 0.1) is 18.4 Å². The molecule has 18 heavy (non-hydrogen) atoms. The number of benzene rings is 1. The van der Waals surface area contributed by atoms with E-state index in [1.807, 2.05) is 18.2 Å². The zero-order valence-electron chi connectivity index (χ0n) is 10.7. The highest BCUT2D eigenvalue weighted by molar-refractivity contribution is 5.96. The molecule has 1 fully saturated rings. The minimum atomic E-state index is -0.309. The summed E-state index contributed by atoms with van der Waals surface area (Å²) in [6, 6.07) is 5.76. The second-order valence-corrected chi connectivity index (χ2v) is 4.51. The van der Waals surface area contributed by atoms with Crippen LogP contribution in [0.25, 0.3) is 0 Å². The zero-order valence-corrected chi connectivity index (χ0v) is 10.7. The van der Waals surface area contributed by atoms with E-state index in [2.05, 4.69) is 4.90 Å². The number of rotatable bonds is 4. The first kappa shape index (κ1) is 12.9. The molecule has 0 spiro atoms. The lowest BCUT2D eigenvalue weighted by atomic mass is 10.1. The lowest BCUT2D eigenvalue weighted by Crippen LogP contribution is -2.21. The maximum absolute atomic E-state index is 11.8. The predicted octanol–water partition coefficient (Wildman–Crippen LogP) is 1.61. The first-order valence-electron chi connectivity index (χ1n) is 6.33. The molecule has 1 aromatic carbocycles. The molecule has 1 aliphatic rings. The lowest BCUT2D eigenvalue weighted by molar-refractivity contribution is 0.0601. The maximum atomic E-state index is 11.8. The number of aliphatic hydroxyl groups is 1. The van der Waals surface area contributed by atoms with Crippen LogP contribution >= 0.6 is 0 Å². The van der Waals surface area contributed by atoms with Crippen molar-refractivity contribution >= 4 is 11.7 Å². The summed E-state index contributed by atoms with van der Waals surface area (Å²) < 4.78 is 4.84. The van der Waals surface area contributed by atoms with Crippen LogP contribution in [0.3, 0.4) is 0 Å². The molecule has 0 aliphatic carbocycles. The Balaban J connectivity index is 2.34. The number of anilines is 1. The Kier molecular flexibility index (Phi) is 4.20. The van der Waals surface area contributed by atoms with Gasteiger partial charge in [-0.25, -0.2) is 4.79 Å². The summed E-state index contributed by atoms with van der Waals surface area (Å²) in [5, 5.41) is 8.96. The molecule has 4 heteroatoms. The minimum absolute atomic E-state index is 0.0870. The molecular weight excluding hydrogens is 230 g/mol. The summed E-state index contributed by atoms with van der Waals surface area (Å²) in [5.41, 5.74) is 2.51. The Bertz CT molecular complexity index is 425. The fourth-order valence-corrected chi connectivity index (χ4v) is 2.38. The lowest BCUT2D eigenvalue weighted by Gasteiger charge is -2.21. The van der Waals surface area contributed by atoms with Crippen molar-refractivity contribution in [3.8, 4) is 0 Å². The SMILES string of the molecule is COC(=O)c1cc(CCO)ccc1N1CCCC1. The summed E-state index contributed by atoms with van der Waals surface area (Å²) >= 11 is 0. The molecule has 4 nitrogen and oxygen atoms in total. The van der Waals surface area contributed by atoms with Gasteiger partial charge in [0.1, 0.15) is 0 Å². The minimum Gasteiger partial charge on any atom is -0.465 e. The predicted molar refractivity (Wildman–Crippen MR) is 70.0 cm³/mol. The van der Waals surface area contributed by atoms with Gasteiger partial charge < -0.3 is 14.7 Å². The van der Waals surface area contributed by atoms with Gasteiger partial charge in [0.2, 0.25) is 0 Å². The molecule has 0 bridgehead atoms. The van der Waals surface area contributed by atoms with Crippen molar-refractivity contribution in [2.24, 2.45) is 0 Å². The Hall–Kier alpha value is -1.55. The molecule has 2 rings (SSSR count). The van der Waals surface area contributed by atoms with Crippen LogP contribution < -0.4 is 4.90 Å². The fourth-order valence-electron chi connectivity index (χ4n) is 2.38. The summed E-state index contributed by atoms with van der Waals surface area (Å²) in [5.74, 6) is -0.309. The maximum Gasteiger partial charge on any atom is 0.339 e. The average Bonchev–Trinajstić information content (AvgIpc) is 2.92. The fraction of sp³-hybridized carbons (Fsp3) is 0.500. The van der Waals surface area contributed by atoms with Crippen LogP contribution in [0.1, 0.15) is 28.8 Å². The van der Waals surface area contributed by atoms with Gasteiger partial charge in [-0.1, -0.05) is 6.07 Å². The number of carbonyl (C=O) groups is 1. The van der Waals surface area contributed by atoms with E-state index in [0.717, 1.165) is 24.3 Å². The number of aliphatic hydroxyl groups excluding tert-OH is 1. The van der Waals surface area contributed by atoms with E-state index in [9.17, 15) is 4.79 Å². The number of carbonyl (C=O) groups excluding carboxylic acids is 1. The second-order valence-electron chi connectivity index (χ2n) is 4.51. The highest BCUT2D eigenvalue weighted by atomic mass is 16.5. The largest absolute Gasteiger partial charge is 0.465 e. The van der Waals surface area contributed by atoms with E-state index >= 15 is 0 Å². The van der Waals surface area contributed by atoms with Crippen molar-refractivity contribution in [2.45, 2.75) is 19.3 Å². The van der Waals surface area contributed by atoms with E-state index in [1.165, 1.54) is 20.0 Å². The third kappa shape index (κ3) is 2.64. The van der Waals surface area contributed by atoms with Crippen molar-refractivity contribution in [1.82, 2.24) is 0 Å². The van der Waals surface area contributed by atoms with Gasteiger partial charge in [0, 0.05) is 19.7 Å². The van der Waals surface area contributed by atoms with Crippen LogP contribution in [0.15, 0.2) is 18.2 Å². The van der Waals surface area contributed by atoms with Crippen LogP contribution in [0.5, 0.6) is 0 Å². The van der Waals surface area contributed by atoms with Crippen molar-refractivity contribution in [2.75, 3.05) is 31.7 Å². The second kappa shape index (κ2) is 5.87. The van der Waals surface area contributed by atoms with E-state index in [4.69, 9.17) is 9.84 Å². The third-order valence-electron chi connectivity index (χ3n) is 3.31. The van der Waals surface area contributed by atoms with Crippen molar-refractivity contribution in [3.05, 3.63) is 29.3 Å². The average molecular weight is 249 g/mol. The van der Waals surface area contributed by atoms with Gasteiger partial charge in [-0.15, -0.1) is 0 Å². The van der Waals surface area contributed by atoms with E-state index < -0.39 is 0 Å². The number of hydrogen-bond donors (Lipinski definition) is 1. The van der Waals surface area contributed by atoms with Crippen molar-refractivity contribution in [3.63, 3.8) is 0 Å². The summed E-state index contributed by atoms with van der Waals surface area (Å²) in [6.07, 6.45) is 2.89. The van der Waals surface area contributed by atoms with Gasteiger partial charge in [-0.3, -0.25) is 0 Å². The van der Waals surface area contributed by atoms with Gasteiger partial charge in [0.25, 0.3) is 0 Å². The summed E-state index contributed by atoms with van der Waals surface area (Å²) in [7, 11) is 1.40. The van der Waals surface area contributed by atoms with Crippen molar-refractivity contribution < 1.29 is 14.6 Å². The van der Waals surface area contributed by atoms with Crippen LogP contribution in [-0.4, -0.2) is 37.9 Å². The molecule has 0 atom stereocenters. The first-order valence-corrected chi connectivity index (χ1v) is 6.33. The Morgan fingerprint density at radius 3 is 2.72 bits per heavy atom. The third-order valence-corrected chi connectivity index (χ3v) is 3.31. The molecule has 0 unspecified atom stereocenters. The van der Waals surface area contributed by atoms with Crippen LogP contribution in [0.2, 0.25) is 0 Å². The quantitative estimate of drug-likeness (QED) is 0.824. The van der Waals surface area contributed by atoms with Crippen LogP contribution in [-0.2, 0) is 11.2 Å². The van der Waals surface area contributed by atoms with Gasteiger partial charge in [-0.2, -0.15) is 0 Å². The molecule has 1 aliphatic heterocycles. The number of methoxy groups -OCH3 is 1. The molecule has 1 heterocycles. The number of esters is 1. The topological polar surface area (TPSA) is 49.8 Å². The van der Waals surface area contributed by atoms with Gasteiger partial charge >= 0.3 is 5.97 Å². The van der Waals surface area contributed by atoms with E-state index in [0.29, 0.717) is 12.0 Å². The van der Waals surface area contributed by atoms with E-state index in [1.54, 1.807) is 0 Å². The van der Waals surface area contributed by atoms with Gasteiger partial charge in [0.15, 0.2) is 0 Å². The Morgan fingerprint density at radius 2 is 2.11 bits per heavy atom. The summed E-state index contributed by atoms with van der Waals surface area (Å²) in [6.45, 7) is 2.07. The smallest absolute Gasteiger partial charge is 0.339 e. The number of ether oxygens (including phenoxy) is 1. The van der Waals surface area contributed by atoms with Crippen molar-refractivity contribution in [1.29, 1.82) is 0 Å². The number of hydrogen-bond acceptors (Lipinski definition) is 4. The molecule has 1 aromatic rings. The highest BCUT2D eigenvalue weighted by Crippen LogP contribution is 2.26. The molecule has 1 saturated heterocycles. The standard InChI is InChI=1S/C14H19NO3/c1-18-14(17)12-10-11(6-9-16)4-5-13(12)15-7-2-3-8-15/h4-5,10,16H,2-3,6-9H2,1H3. The Morgan fingerprint density at radius 1 is 1.39 bits per heavy atom. The number of nitrogens with zero attached hydrogens (tertiary/aromatic N) is 1. The van der Waals surface area contributed by atoms with Gasteiger partial charge in [-0.05, 0) is 37.0 Å². The van der Waals surface area contributed by atoms with Crippen LogP contribution in [0, 0.1) is 0 Å². The zero-order chi connectivity index (χ0) is 13.0. The molecule has 0 saturated carbocycles. The van der Waals surface area contributed by atoms with E-state index in [-0.39, 0.29) is 12.6 Å². The molecule has 0 radical (unpaired) electrons. The highest BCUT2D eigenvalue weighted by Gasteiger charge is 2.20.